The SMILES string of the molecule is [2H]C(C)(C)c1c(C)csc1/C(=C\CCN1C[C@H](C(=O)O)CCC1(C)C)c1sc(C)cc1C. The Morgan fingerprint density at radius 3 is 2.61 bits per heavy atom. The zero-order valence-corrected chi connectivity index (χ0v) is 21.6. The second kappa shape index (κ2) is 9.60. The fourth-order valence-electron chi connectivity index (χ4n) is 4.71. The lowest BCUT2D eigenvalue weighted by Gasteiger charge is -2.44. The van der Waals surface area contributed by atoms with Gasteiger partial charge in [-0.1, -0.05) is 19.9 Å². The van der Waals surface area contributed by atoms with Crippen LogP contribution < -0.4 is 0 Å². The summed E-state index contributed by atoms with van der Waals surface area (Å²) in [6.45, 7) is 16.3. The predicted molar refractivity (Wildman–Crippen MR) is 135 cm³/mol. The minimum Gasteiger partial charge on any atom is -0.481 e. The Balaban J connectivity index is 1.95. The lowest BCUT2D eigenvalue weighted by atomic mass is 9.84. The van der Waals surface area contributed by atoms with E-state index >= 15 is 0 Å². The summed E-state index contributed by atoms with van der Waals surface area (Å²) in [7, 11) is 0. The lowest BCUT2D eigenvalue weighted by molar-refractivity contribution is -0.145. The van der Waals surface area contributed by atoms with Gasteiger partial charge in [0.15, 0.2) is 0 Å². The summed E-state index contributed by atoms with van der Waals surface area (Å²) in [5, 5.41) is 11.7. The van der Waals surface area contributed by atoms with Gasteiger partial charge in [0, 0.05) is 40.2 Å². The van der Waals surface area contributed by atoms with Gasteiger partial charge in [0.05, 0.1) is 5.92 Å². The summed E-state index contributed by atoms with van der Waals surface area (Å²) < 4.78 is 8.76. The van der Waals surface area contributed by atoms with Gasteiger partial charge in [-0.05, 0) is 87.9 Å². The molecule has 0 amide bonds. The number of thiophene rings is 2. The molecular weight excluding hydrogens is 422 g/mol. The topological polar surface area (TPSA) is 40.5 Å². The molecule has 1 saturated heterocycles. The molecule has 1 atom stereocenters. The first-order valence-corrected chi connectivity index (χ1v) is 12.8. The van der Waals surface area contributed by atoms with Crippen LogP contribution in [0.25, 0.3) is 5.57 Å². The van der Waals surface area contributed by atoms with E-state index in [1.54, 1.807) is 11.3 Å². The molecule has 0 aliphatic carbocycles. The van der Waals surface area contributed by atoms with Crippen LogP contribution >= 0.6 is 22.7 Å². The highest BCUT2D eigenvalue weighted by molar-refractivity contribution is 7.15. The molecule has 2 aromatic rings. The van der Waals surface area contributed by atoms with Crippen LogP contribution in [-0.2, 0) is 4.79 Å². The molecule has 3 heterocycles. The number of aliphatic carboxylic acids is 1. The van der Waals surface area contributed by atoms with E-state index in [0.29, 0.717) is 6.54 Å². The molecule has 1 aliphatic heterocycles. The number of hydrogen-bond acceptors (Lipinski definition) is 4. The highest BCUT2D eigenvalue weighted by atomic mass is 32.1. The summed E-state index contributed by atoms with van der Waals surface area (Å²) in [5.74, 6) is -1.62. The third kappa shape index (κ3) is 5.32. The van der Waals surface area contributed by atoms with E-state index in [0.717, 1.165) is 31.4 Å². The van der Waals surface area contributed by atoms with E-state index in [4.69, 9.17) is 1.37 Å². The van der Waals surface area contributed by atoms with E-state index < -0.39 is 11.9 Å². The van der Waals surface area contributed by atoms with Crippen LogP contribution in [0.3, 0.4) is 0 Å². The van der Waals surface area contributed by atoms with Crippen molar-refractivity contribution in [2.45, 2.75) is 79.2 Å². The molecule has 0 bridgehead atoms. The first-order valence-electron chi connectivity index (χ1n) is 11.7. The Labute approximate surface area is 197 Å². The largest absolute Gasteiger partial charge is 0.481 e. The number of carboxylic acid groups (broad SMARTS) is 1. The minimum absolute atomic E-state index is 0.0171. The maximum Gasteiger partial charge on any atom is 0.307 e. The molecule has 0 unspecified atom stereocenters. The first-order chi connectivity index (χ1) is 14.8. The van der Waals surface area contributed by atoms with Crippen molar-refractivity contribution in [1.82, 2.24) is 4.90 Å². The Kier molecular flexibility index (Phi) is 7.04. The fraction of sp³-hybridized carbons (Fsp3) is 0.577. The van der Waals surface area contributed by atoms with Gasteiger partial charge in [0.25, 0.3) is 0 Å². The quantitative estimate of drug-likeness (QED) is 0.473. The summed E-state index contributed by atoms with van der Waals surface area (Å²) in [5.41, 5.74) is 4.83. The number of carboxylic acids is 1. The summed E-state index contributed by atoms with van der Waals surface area (Å²) >= 11 is 3.56. The number of likely N-dealkylation sites (tertiary alicyclic amines) is 1. The van der Waals surface area contributed by atoms with Crippen molar-refractivity contribution >= 4 is 34.2 Å². The van der Waals surface area contributed by atoms with Crippen LogP contribution in [0, 0.1) is 26.7 Å². The molecule has 31 heavy (non-hydrogen) atoms. The van der Waals surface area contributed by atoms with Crippen molar-refractivity contribution < 1.29 is 11.3 Å². The molecule has 3 rings (SSSR count). The van der Waals surface area contributed by atoms with Crippen LogP contribution in [-0.4, -0.2) is 34.6 Å². The molecule has 0 saturated carbocycles. The zero-order chi connectivity index (χ0) is 23.8. The molecule has 2 aromatic heterocycles. The molecule has 0 aromatic carbocycles. The van der Waals surface area contributed by atoms with Gasteiger partial charge >= 0.3 is 5.97 Å². The van der Waals surface area contributed by atoms with Crippen LogP contribution in [0.2, 0.25) is 0 Å². The second-order valence-electron chi connectivity index (χ2n) is 9.73. The summed E-state index contributed by atoms with van der Waals surface area (Å²) in [4.78, 5) is 17.7. The van der Waals surface area contributed by atoms with Gasteiger partial charge in [-0.15, -0.1) is 22.7 Å². The standard InChI is InChI=1S/C26H37NO2S2/c1-16(2)22-18(4)15-30-24(22)21(23-17(3)13-19(5)31-23)9-8-12-27-14-20(25(28)29)10-11-26(27,6)7/h9,13,15-16,20H,8,10-12,14H2,1-7H3,(H,28,29)/b21-9-/t20-/m1/s1/i16D. The van der Waals surface area contributed by atoms with Gasteiger partial charge in [-0.2, -0.15) is 0 Å². The summed E-state index contributed by atoms with van der Waals surface area (Å²) in [6.07, 6.45) is 4.85. The second-order valence-corrected chi connectivity index (χ2v) is 11.9. The Bertz CT molecular complexity index is 1010. The van der Waals surface area contributed by atoms with E-state index in [1.165, 1.54) is 31.3 Å². The Morgan fingerprint density at radius 1 is 1.32 bits per heavy atom. The molecule has 1 fully saturated rings. The number of rotatable bonds is 7. The van der Waals surface area contributed by atoms with Gasteiger partial charge in [0.1, 0.15) is 0 Å². The third-order valence-corrected chi connectivity index (χ3v) is 8.82. The zero-order valence-electron chi connectivity index (χ0n) is 21.0. The van der Waals surface area contributed by atoms with Gasteiger partial charge in [-0.3, -0.25) is 9.69 Å². The molecule has 3 nitrogen and oxygen atoms in total. The highest BCUT2D eigenvalue weighted by Gasteiger charge is 2.36. The van der Waals surface area contributed by atoms with Crippen molar-refractivity contribution in [3.8, 4) is 0 Å². The van der Waals surface area contributed by atoms with Gasteiger partial charge in [-0.25, -0.2) is 0 Å². The minimum atomic E-state index is -0.678. The van der Waals surface area contributed by atoms with Crippen molar-refractivity contribution in [3.05, 3.63) is 48.8 Å². The highest BCUT2D eigenvalue weighted by Crippen LogP contribution is 2.41. The molecule has 170 valence electrons. The van der Waals surface area contributed by atoms with Crippen molar-refractivity contribution in [2.24, 2.45) is 5.92 Å². The van der Waals surface area contributed by atoms with Crippen molar-refractivity contribution in [1.29, 1.82) is 0 Å². The number of hydrogen-bond donors (Lipinski definition) is 1. The molecule has 5 heteroatoms. The average molecular weight is 461 g/mol. The van der Waals surface area contributed by atoms with Crippen LogP contribution in [0.4, 0.5) is 0 Å². The van der Waals surface area contributed by atoms with E-state index in [-0.39, 0.29) is 11.5 Å². The third-order valence-electron chi connectivity index (χ3n) is 6.50. The molecule has 1 N–H and O–H groups in total. The maximum atomic E-state index is 11.6. The van der Waals surface area contributed by atoms with Crippen LogP contribution in [0.5, 0.6) is 0 Å². The average Bonchev–Trinajstić information content (AvgIpc) is 3.21. The van der Waals surface area contributed by atoms with Gasteiger partial charge < -0.3 is 5.11 Å². The molecule has 1 aliphatic rings. The van der Waals surface area contributed by atoms with Crippen molar-refractivity contribution in [2.75, 3.05) is 13.1 Å². The number of aryl methyl sites for hydroxylation is 3. The van der Waals surface area contributed by atoms with E-state index in [2.05, 4.69) is 57.0 Å². The normalized spacial score (nSPS) is 20.7. The molecule has 0 spiro atoms. The monoisotopic (exact) mass is 460 g/mol. The Morgan fingerprint density at radius 2 is 2.03 bits per heavy atom. The van der Waals surface area contributed by atoms with E-state index in [9.17, 15) is 9.90 Å². The number of carbonyl (C=O) groups is 1. The number of piperidine rings is 1. The first kappa shape index (κ1) is 22.8. The van der Waals surface area contributed by atoms with Crippen LogP contribution in [0.15, 0.2) is 17.5 Å². The molecular formula is C26H37NO2S2. The van der Waals surface area contributed by atoms with Gasteiger partial charge in [0.2, 0.25) is 0 Å². The predicted octanol–water partition coefficient (Wildman–Crippen LogP) is 7.26. The summed E-state index contributed by atoms with van der Waals surface area (Å²) in [6, 6.07) is 2.24. The lowest BCUT2D eigenvalue weighted by Crippen LogP contribution is -2.52. The fourth-order valence-corrected chi connectivity index (χ4v) is 7.06. The van der Waals surface area contributed by atoms with Crippen LogP contribution in [0.1, 0.15) is 85.5 Å². The molecule has 0 radical (unpaired) electrons. The van der Waals surface area contributed by atoms with Crippen molar-refractivity contribution in [3.63, 3.8) is 0 Å². The maximum absolute atomic E-state index is 11.6. The van der Waals surface area contributed by atoms with E-state index in [1.807, 2.05) is 25.2 Å². The Hall–Kier alpha value is -1.43. The smallest absolute Gasteiger partial charge is 0.307 e. The number of nitrogens with zero attached hydrogens (tertiary/aromatic N) is 1.